The van der Waals surface area contributed by atoms with Gasteiger partial charge in [-0.3, -0.25) is 0 Å². The summed E-state index contributed by atoms with van der Waals surface area (Å²) in [5.41, 5.74) is 5.83. The van der Waals surface area contributed by atoms with Gasteiger partial charge >= 0.3 is 0 Å². The predicted octanol–water partition coefficient (Wildman–Crippen LogP) is 3.23. The molecule has 0 aliphatic carbocycles. The lowest BCUT2D eigenvalue weighted by Gasteiger charge is -2.09. The fraction of sp³-hybridized carbons (Fsp3) is 0.0833. The van der Waals surface area contributed by atoms with E-state index in [1.54, 1.807) is 30.5 Å². The van der Waals surface area contributed by atoms with Crippen molar-refractivity contribution in [3.05, 3.63) is 52.4 Å². The van der Waals surface area contributed by atoms with Crippen molar-refractivity contribution in [2.75, 3.05) is 0 Å². The lowest BCUT2D eigenvalue weighted by Crippen LogP contribution is -2.02. The Balaban J connectivity index is 2.29. The van der Waals surface area contributed by atoms with Gasteiger partial charge < -0.3 is 10.5 Å². The molecule has 0 saturated carbocycles. The van der Waals surface area contributed by atoms with E-state index in [4.69, 9.17) is 10.5 Å². The Labute approximate surface area is 107 Å². The summed E-state index contributed by atoms with van der Waals surface area (Å²) >= 11 is 3.27. The van der Waals surface area contributed by atoms with Crippen LogP contribution in [0.4, 0.5) is 4.39 Å². The molecule has 0 amide bonds. The van der Waals surface area contributed by atoms with Crippen molar-refractivity contribution in [1.29, 1.82) is 0 Å². The van der Waals surface area contributed by atoms with E-state index in [2.05, 4.69) is 20.9 Å². The average Bonchev–Trinajstić information content (AvgIpc) is 2.32. The molecule has 0 radical (unpaired) electrons. The summed E-state index contributed by atoms with van der Waals surface area (Å²) in [6.07, 6.45) is 1.61. The number of nitrogens with zero attached hydrogens (tertiary/aromatic N) is 1. The molecule has 2 rings (SSSR count). The van der Waals surface area contributed by atoms with Crippen LogP contribution in [0.1, 0.15) is 5.56 Å². The van der Waals surface area contributed by atoms with E-state index >= 15 is 0 Å². The third-order valence-corrected chi connectivity index (χ3v) is 2.66. The van der Waals surface area contributed by atoms with Crippen molar-refractivity contribution in [2.45, 2.75) is 6.54 Å². The van der Waals surface area contributed by atoms with Crippen LogP contribution < -0.4 is 10.5 Å². The second-order valence-corrected chi connectivity index (χ2v) is 4.25. The van der Waals surface area contributed by atoms with Gasteiger partial charge in [0.05, 0.1) is 0 Å². The number of rotatable bonds is 3. The molecular weight excluding hydrogens is 287 g/mol. The van der Waals surface area contributed by atoms with Crippen LogP contribution in [0, 0.1) is 5.82 Å². The zero-order valence-corrected chi connectivity index (χ0v) is 10.4. The highest BCUT2D eigenvalue weighted by molar-refractivity contribution is 9.10. The lowest BCUT2D eigenvalue weighted by atomic mass is 10.2. The molecular formula is C12H10BrFN2O. The molecule has 1 heterocycles. The number of halogens is 2. The summed E-state index contributed by atoms with van der Waals surface area (Å²) in [7, 11) is 0. The van der Waals surface area contributed by atoms with E-state index in [-0.39, 0.29) is 12.4 Å². The maximum absolute atomic E-state index is 13.4. The molecule has 0 bridgehead atoms. The fourth-order valence-electron chi connectivity index (χ4n) is 1.37. The van der Waals surface area contributed by atoms with Crippen molar-refractivity contribution < 1.29 is 9.13 Å². The number of aromatic nitrogens is 1. The first-order chi connectivity index (χ1) is 8.20. The van der Waals surface area contributed by atoms with E-state index in [9.17, 15) is 4.39 Å². The molecule has 5 heteroatoms. The number of benzene rings is 1. The molecule has 88 valence electrons. The van der Waals surface area contributed by atoms with Crippen LogP contribution in [-0.2, 0) is 6.54 Å². The molecule has 2 N–H and O–H groups in total. The number of ether oxygens (including phenoxy) is 1. The Kier molecular flexibility index (Phi) is 3.71. The van der Waals surface area contributed by atoms with Crippen molar-refractivity contribution in [3.8, 4) is 11.6 Å². The quantitative estimate of drug-likeness (QED) is 0.946. The molecule has 17 heavy (non-hydrogen) atoms. The Bertz CT molecular complexity index is 516. The Morgan fingerprint density at radius 1 is 1.29 bits per heavy atom. The number of hydrogen-bond acceptors (Lipinski definition) is 3. The van der Waals surface area contributed by atoms with Crippen LogP contribution in [0.25, 0.3) is 0 Å². The summed E-state index contributed by atoms with van der Waals surface area (Å²) in [5.74, 6) is 0.415. The topological polar surface area (TPSA) is 48.1 Å². The standard InChI is InChI=1S/C12H10BrFN2O/c13-8-4-5-12(16-7-8)17-11-3-1-2-10(14)9(11)6-15/h1-5,7H,6,15H2. The first kappa shape index (κ1) is 12.0. The van der Waals surface area contributed by atoms with Gasteiger partial charge in [-0.2, -0.15) is 0 Å². The van der Waals surface area contributed by atoms with Crippen molar-refractivity contribution in [3.63, 3.8) is 0 Å². The first-order valence-corrected chi connectivity index (χ1v) is 5.77. The predicted molar refractivity (Wildman–Crippen MR) is 66.3 cm³/mol. The highest BCUT2D eigenvalue weighted by Gasteiger charge is 2.09. The van der Waals surface area contributed by atoms with E-state index in [0.717, 1.165) is 4.47 Å². The van der Waals surface area contributed by atoms with Gasteiger partial charge in [0.25, 0.3) is 0 Å². The van der Waals surface area contributed by atoms with Gasteiger partial charge in [0.1, 0.15) is 11.6 Å². The zero-order chi connectivity index (χ0) is 12.3. The summed E-state index contributed by atoms with van der Waals surface area (Å²) in [4.78, 5) is 4.05. The molecule has 0 fully saturated rings. The minimum atomic E-state index is -0.373. The SMILES string of the molecule is NCc1c(F)cccc1Oc1ccc(Br)cn1. The van der Waals surface area contributed by atoms with E-state index in [1.165, 1.54) is 6.07 Å². The molecule has 0 aliphatic heterocycles. The maximum atomic E-state index is 13.4. The maximum Gasteiger partial charge on any atom is 0.219 e. The third kappa shape index (κ3) is 2.81. The first-order valence-electron chi connectivity index (χ1n) is 4.97. The van der Waals surface area contributed by atoms with Gasteiger partial charge in [-0.05, 0) is 34.1 Å². The van der Waals surface area contributed by atoms with Crippen LogP contribution in [0.3, 0.4) is 0 Å². The van der Waals surface area contributed by atoms with Gasteiger partial charge in [-0.15, -0.1) is 0 Å². The van der Waals surface area contributed by atoms with Crippen molar-refractivity contribution in [2.24, 2.45) is 5.73 Å². The highest BCUT2D eigenvalue weighted by atomic mass is 79.9. The van der Waals surface area contributed by atoms with Gasteiger partial charge in [0.2, 0.25) is 5.88 Å². The molecule has 2 aromatic rings. The van der Waals surface area contributed by atoms with Crippen LogP contribution >= 0.6 is 15.9 Å². The molecule has 1 aromatic heterocycles. The smallest absolute Gasteiger partial charge is 0.219 e. The molecule has 0 spiro atoms. The normalized spacial score (nSPS) is 10.3. The van der Waals surface area contributed by atoms with Gasteiger partial charge in [0.15, 0.2) is 0 Å². The average molecular weight is 297 g/mol. The zero-order valence-electron chi connectivity index (χ0n) is 8.86. The van der Waals surface area contributed by atoms with Gasteiger partial charge in [-0.25, -0.2) is 9.37 Å². The molecule has 3 nitrogen and oxygen atoms in total. The summed E-state index contributed by atoms with van der Waals surface area (Å²) in [5, 5.41) is 0. The van der Waals surface area contributed by atoms with Crippen molar-refractivity contribution >= 4 is 15.9 Å². The van der Waals surface area contributed by atoms with Crippen LogP contribution in [-0.4, -0.2) is 4.98 Å². The molecule has 0 unspecified atom stereocenters. The summed E-state index contributed by atoms with van der Waals surface area (Å²) in [6, 6.07) is 8.07. The third-order valence-electron chi connectivity index (χ3n) is 2.19. The van der Waals surface area contributed by atoms with Crippen molar-refractivity contribution in [1.82, 2.24) is 4.98 Å². The Hall–Kier alpha value is -1.46. The Morgan fingerprint density at radius 3 is 2.76 bits per heavy atom. The monoisotopic (exact) mass is 296 g/mol. The highest BCUT2D eigenvalue weighted by Crippen LogP contribution is 2.26. The van der Waals surface area contributed by atoms with Crippen LogP contribution in [0.15, 0.2) is 41.0 Å². The second kappa shape index (κ2) is 5.25. The van der Waals surface area contributed by atoms with Gasteiger partial charge in [0, 0.05) is 28.8 Å². The summed E-state index contributed by atoms with van der Waals surface area (Å²) < 4.78 is 19.8. The second-order valence-electron chi connectivity index (χ2n) is 3.34. The number of pyridine rings is 1. The van der Waals surface area contributed by atoms with Crippen LogP contribution in [0.5, 0.6) is 11.6 Å². The minimum absolute atomic E-state index is 0.0819. The molecule has 0 saturated heterocycles. The fourth-order valence-corrected chi connectivity index (χ4v) is 1.60. The Morgan fingerprint density at radius 2 is 2.12 bits per heavy atom. The number of nitrogens with two attached hydrogens (primary N) is 1. The molecule has 0 aliphatic rings. The van der Waals surface area contributed by atoms with E-state index < -0.39 is 0 Å². The van der Waals surface area contributed by atoms with E-state index in [1.807, 2.05) is 0 Å². The minimum Gasteiger partial charge on any atom is -0.439 e. The van der Waals surface area contributed by atoms with Crippen LogP contribution in [0.2, 0.25) is 0 Å². The lowest BCUT2D eigenvalue weighted by molar-refractivity contribution is 0.450. The molecule has 1 aromatic carbocycles. The van der Waals surface area contributed by atoms with E-state index in [0.29, 0.717) is 17.2 Å². The number of hydrogen-bond donors (Lipinski definition) is 1. The molecule has 0 atom stereocenters. The summed E-state index contributed by atoms with van der Waals surface area (Å²) in [6.45, 7) is 0.0819. The van der Waals surface area contributed by atoms with Gasteiger partial charge in [-0.1, -0.05) is 6.07 Å². The largest absolute Gasteiger partial charge is 0.439 e.